The van der Waals surface area contributed by atoms with Crippen molar-refractivity contribution in [3.63, 3.8) is 0 Å². The van der Waals surface area contributed by atoms with Crippen molar-refractivity contribution in [3.05, 3.63) is 65.7 Å². The van der Waals surface area contributed by atoms with Gasteiger partial charge in [-0.05, 0) is 42.7 Å². The fraction of sp³-hybridized carbons (Fsp3) is 0.458. The molecule has 5 nitrogen and oxygen atoms in total. The number of nitrogens with zero attached hydrogens (tertiary/aromatic N) is 3. The molecule has 5 heteroatoms. The second-order valence-corrected chi connectivity index (χ2v) is 8.02. The number of hydrogen-bond acceptors (Lipinski definition) is 4. The smallest absolute Gasteiger partial charge is 0.253 e. The molecule has 1 heterocycles. The summed E-state index contributed by atoms with van der Waals surface area (Å²) in [7, 11) is 3.93. The van der Waals surface area contributed by atoms with Crippen molar-refractivity contribution in [2.45, 2.75) is 31.9 Å². The van der Waals surface area contributed by atoms with Crippen LogP contribution in [-0.4, -0.2) is 67.2 Å². The van der Waals surface area contributed by atoms with Gasteiger partial charge in [0.25, 0.3) is 5.91 Å². The minimum Gasteiger partial charge on any atom is -0.392 e. The largest absolute Gasteiger partial charge is 0.392 e. The molecule has 0 aromatic heterocycles. The summed E-state index contributed by atoms with van der Waals surface area (Å²) >= 11 is 0. The van der Waals surface area contributed by atoms with Crippen molar-refractivity contribution in [1.29, 1.82) is 0 Å². The number of amides is 1. The van der Waals surface area contributed by atoms with E-state index in [-0.39, 0.29) is 18.1 Å². The standard InChI is InChI=1S/C24H33N3O2/c1-4-15-25(2)24(29)20-10-12-21(13-11-20)26(3)18-23(19-8-6-5-7-9-19)27-16-14-22(28)17-27/h5-13,22-23,28H,4,14-18H2,1-3H3/t22-,23-/m0/s1. The van der Waals surface area contributed by atoms with E-state index < -0.39 is 0 Å². The number of carbonyl (C=O) groups excluding carboxylic acids is 1. The molecule has 2 aromatic rings. The van der Waals surface area contributed by atoms with Gasteiger partial charge in [-0.2, -0.15) is 0 Å². The van der Waals surface area contributed by atoms with Crippen molar-refractivity contribution < 1.29 is 9.90 Å². The molecule has 0 aliphatic carbocycles. The van der Waals surface area contributed by atoms with Gasteiger partial charge in [0.15, 0.2) is 0 Å². The number of hydrogen-bond donors (Lipinski definition) is 1. The molecule has 1 amide bonds. The number of likely N-dealkylation sites (N-methyl/N-ethyl adjacent to an activating group) is 1. The van der Waals surface area contributed by atoms with E-state index in [0.29, 0.717) is 6.54 Å². The van der Waals surface area contributed by atoms with Crippen LogP contribution in [0.1, 0.15) is 41.7 Å². The third-order valence-corrected chi connectivity index (χ3v) is 5.73. The molecule has 1 aliphatic heterocycles. The zero-order chi connectivity index (χ0) is 20.8. The lowest BCUT2D eigenvalue weighted by Gasteiger charge is -2.33. The molecule has 2 aromatic carbocycles. The topological polar surface area (TPSA) is 47.0 Å². The van der Waals surface area contributed by atoms with E-state index in [1.165, 1.54) is 5.56 Å². The number of anilines is 1. The number of carbonyl (C=O) groups is 1. The number of likely N-dealkylation sites (tertiary alicyclic amines) is 1. The summed E-state index contributed by atoms with van der Waals surface area (Å²) in [6, 6.07) is 18.6. The van der Waals surface area contributed by atoms with E-state index in [0.717, 1.165) is 43.7 Å². The first-order valence-electron chi connectivity index (χ1n) is 10.5. The number of β-amino-alcohol motifs (C(OH)–C–C–N with tert-alkyl or cyclic N) is 1. The summed E-state index contributed by atoms with van der Waals surface area (Å²) in [5.74, 6) is 0.0641. The van der Waals surface area contributed by atoms with Gasteiger partial charge in [0.05, 0.1) is 12.1 Å². The van der Waals surface area contributed by atoms with Gasteiger partial charge in [0.1, 0.15) is 0 Å². The minimum atomic E-state index is -0.239. The van der Waals surface area contributed by atoms with E-state index in [2.05, 4.69) is 48.0 Å². The van der Waals surface area contributed by atoms with Crippen molar-refractivity contribution >= 4 is 11.6 Å². The Morgan fingerprint density at radius 3 is 2.41 bits per heavy atom. The van der Waals surface area contributed by atoms with E-state index in [4.69, 9.17) is 0 Å². The average Bonchev–Trinajstić information content (AvgIpc) is 3.18. The van der Waals surface area contributed by atoms with Crippen LogP contribution < -0.4 is 4.90 Å². The predicted octanol–water partition coefficient (Wildman–Crippen LogP) is 3.41. The van der Waals surface area contributed by atoms with Gasteiger partial charge in [0.2, 0.25) is 0 Å². The first kappa shape index (κ1) is 21.3. The molecule has 3 rings (SSSR count). The molecular weight excluding hydrogens is 362 g/mol. The van der Waals surface area contributed by atoms with E-state index >= 15 is 0 Å². The van der Waals surface area contributed by atoms with Crippen LogP contribution >= 0.6 is 0 Å². The van der Waals surface area contributed by atoms with E-state index in [9.17, 15) is 9.90 Å². The van der Waals surface area contributed by atoms with Crippen LogP contribution in [0, 0.1) is 0 Å². The molecule has 0 bridgehead atoms. The summed E-state index contributed by atoms with van der Waals surface area (Å²) in [6.45, 7) is 5.28. The third-order valence-electron chi connectivity index (χ3n) is 5.73. The van der Waals surface area contributed by atoms with Crippen LogP contribution in [0.2, 0.25) is 0 Å². The summed E-state index contributed by atoms with van der Waals surface area (Å²) in [4.78, 5) is 18.8. The predicted molar refractivity (Wildman–Crippen MR) is 118 cm³/mol. The highest BCUT2D eigenvalue weighted by Crippen LogP contribution is 2.27. The average molecular weight is 396 g/mol. The van der Waals surface area contributed by atoms with Crippen LogP contribution in [0.4, 0.5) is 5.69 Å². The van der Waals surface area contributed by atoms with Crippen LogP contribution in [0.25, 0.3) is 0 Å². The second kappa shape index (κ2) is 9.90. The Morgan fingerprint density at radius 1 is 1.14 bits per heavy atom. The van der Waals surface area contributed by atoms with Gasteiger partial charge in [0, 0.05) is 51.5 Å². The Morgan fingerprint density at radius 2 is 1.83 bits per heavy atom. The highest BCUT2D eigenvalue weighted by molar-refractivity contribution is 5.94. The molecule has 0 saturated carbocycles. The van der Waals surface area contributed by atoms with Gasteiger partial charge in [-0.3, -0.25) is 9.69 Å². The summed E-state index contributed by atoms with van der Waals surface area (Å²) < 4.78 is 0. The fourth-order valence-corrected chi connectivity index (χ4v) is 4.04. The molecular formula is C24H33N3O2. The molecule has 1 aliphatic rings. The molecule has 2 atom stereocenters. The lowest BCUT2D eigenvalue weighted by Crippen LogP contribution is -2.36. The molecule has 0 unspecified atom stereocenters. The fourth-order valence-electron chi connectivity index (χ4n) is 4.04. The maximum absolute atomic E-state index is 12.5. The lowest BCUT2D eigenvalue weighted by molar-refractivity contribution is 0.0795. The second-order valence-electron chi connectivity index (χ2n) is 8.02. The lowest BCUT2D eigenvalue weighted by atomic mass is 10.0. The van der Waals surface area contributed by atoms with Crippen molar-refractivity contribution in [2.24, 2.45) is 0 Å². The number of rotatable bonds is 8. The maximum Gasteiger partial charge on any atom is 0.253 e. The molecule has 1 N–H and O–H groups in total. The minimum absolute atomic E-state index is 0.0641. The van der Waals surface area contributed by atoms with Crippen molar-refractivity contribution in [2.75, 3.05) is 45.2 Å². The summed E-state index contributed by atoms with van der Waals surface area (Å²) in [6.07, 6.45) is 1.54. The highest BCUT2D eigenvalue weighted by Gasteiger charge is 2.29. The third kappa shape index (κ3) is 5.37. The molecule has 29 heavy (non-hydrogen) atoms. The molecule has 0 spiro atoms. The zero-order valence-electron chi connectivity index (χ0n) is 17.8. The SMILES string of the molecule is CCCN(C)C(=O)c1ccc(N(C)C[C@@H](c2ccccc2)N2CC[C@H](O)C2)cc1. The van der Waals surface area contributed by atoms with Crippen molar-refractivity contribution in [1.82, 2.24) is 9.80 Å². The van der Waals surface area contributed by atoms with Crippen LogP contribution in [-0.2, 0) is 0 Å². The Labute approximate surface area is 174 Å². The van der Waals surface area contributed by atoms with Gasteiger partial charge < -0.3 is 14.9 Å². The summed E-state index contributed by atoms with van der Waals surface area (Å²) in [5.41, 5.74) is 3.07. The maximum atomic E-state index is 12.5. The van der Waals surface area contributed by atoms with Crippen molar-refractivity contribution in [3.8, 4) is 0 Å². The summed E-state index contributed by atoms with van der Waals surface area (Å²) in [5, 5.41) is 10.0. The number of aliphatic hydroxyl groups is 1. The normalized spacial score (nSPS) is 17.9. The van der Waals surface area contributed by atoms with Gasteiger partial charge >= 0.3 is 0 Å². The monoisotopic (exact) mass is 395 g/mol. The Bertz CT molecular complexity index is 778. The number of aliphatic hydroxyl groups excluding tert-OH is 1. The quantitative estimate of drug-likeness (QED) is 0.744. The van der Waals surface area contributed by atoms with Gasteiger partial charge in [-0.1, -0.05) is 37.3 Å². The Kier molecular flexibility index (Phi) is 7.29. The first-order valence-corrected chi connectivity index (χ1v) is 10.5. The number of benzene rings is 2. The van der Waals surface area contributed by atoms with E-state index in [1.807, 2.05) is 37.4 Å². The molecule has 156 valence electrons. The first-order chi connectivity index (χ1) is 14.0. The zero-order valence-corrected chi connectivity index (χ0v) is 17.8. The van der Waals surface area contributed by atoms with E-state index in [1.54, 1.807) is 4.90 Å². The molecule has 0 radical (unpaired) electrons. The molecule has 1 saturated heterocycles. The van der Waals surface area contributed by atoms with Gasteiger partial charge in [-0.15, -0.1) is 0 Å². The van der Waals surface area contributed by atoms with Crippen LogP contribution in [0.3, 0.4) is 0 Å². The highest BCUT2D eigenvalue weighted by atomic mass is 16.3. The Balaban J connectivity index is 1.72. The molecule has 1 fully saturated rings. The van der Waals surface area contributed by atoms with Crippen LogP contribution in [0.15, 0.2) is 54.6 Å². The van der Waals surface area contributed by atoms with Crippen LogP contribution in [0.5, 0.6) is 0 Å². The van der Waals surface area contributed by atoms with Gasteiger partial charge in [-0.25, -0.2) is 0 Å². The Hall–Kier alpha value is -2.37.